The van der Waals surface area contributed by atoms with Crippen molar-refractivity contribution in [3.05, 3.63) is 23.3 Å². The molecule has 1 aromatic carbocycles. The lowest BCUT2D eigenvalue weighted by molar-refractivity contribution is 0.0350. The quantitative estimate of drug-likeness (QED) is 0.210. The van der Waals surface area contributed by atoms with Crippen LogP contribution in [0.1, 0.15) is 149 Å². The zero-order chi connectivity index (χ0) is 25.0. The predicted octanol–water partition coefficient (Wildman–Crippen LogP) is 10.2. The van der Waals surface area contributed by atoms with Gasteiger partial charge in [0, 0.05) is 5.56 Å². The van der Waals surface area contributed by atoms with Crippen molar-refractivity contribution in [1.29, 1.82) is 0 Å². The number of rotatable bonds is 17. The molecule has 1 heterocycles. The van der Waals surface area contributed by atoms with Gasteiger partial charge >= 0.3 is 0 Å². The first-order valence-corrected chi connectivity index (χ1v) is 14.7. The van der Waals surface area contributed by atoms with E-state index < -0.39 is 0 Å². The Balaban J connectivity index is 1.95. The standard InChI is InChI=1S/C32H56O2/c1-8-10-12-13-14-15-16-17-18-20-22-33-30-24-27-23-26(3)32(6,7)34-29(27)25-28(30)31(4,5)21-19-11-9-2/h24-26H,8-23H2,1-7H3. The van der Waals surface area contributed by atoms with Gasteiger partial charge in [0.25, 0.3) is 0 Å². The molecule has 1 unspecified atom stereocenters. The number of ether oxygens (including phenoxy) is 2. The SMILES string of the molecule is CCCCCCCCCCCCOc1cc2c(cc1C(C)(C)CCCCC)OC(C)(C)C(C)C2. The molecule has 196 valence electrons. The van der Waals surface area contributed by atoms with E-state index in [2.05, 4.69) is 60.6 Å². The van der Waals surface area contributed by atoms with Gasteiger partial charge < -0.3 is 9.47 Å². The van der Waals surface area contributed by atoms with E-state index in [4.69, 9.17) is 9.47 Å². The number of hydrogen-bond donors (Lipinski definition) is 0. The monoisotopic (exact) mass is 472 g/mol. The van der Waals surface area contributed by atoms with E-state index in [9.17, 15) is 0 Å². The summed E-state index contributed by atoms with van der Waals surface area (Å²) in [7, 11) is 0. The molecule has 0 aromatic heterocycles. The fourth-order valence-electron chi connectivity index (χ4n) is 5.19. The molecule has 0 spiro atoms. The van der Waals surface area contributed by atoms with Crippen molar-refractivity contribution < 1.29 is 9.47 Å². The van der Waals surface area contributed by atoms with Crippen molar-refractivity contribution in [2.45, 2.75) is 156 Å². The summed E-state index contributed by atoms with van der Waals surface area (Å²) in [5, 5.41) is 0. The normalized spacial score (nSPS) is 17.3. The highest BCUT2D eigenvalue weighted by Gasteiger charge is 2.36. The first-order chi connectivity index (χ1) is 16.2. The molecular weight excluding hydrogens is 416 g/mol. The lowest BCUT2D eigenvalue weighted by Crippen LogP contribution is -2.40. The van der Waals surface area contributed by atoms with Gasteiger partial charge in [-0.15, -0.1) is 0 Å². The zero-order valence-electron chi connectivity index (χ0n) is 23.9. The molecule has 1 aliphatic heterocycles. The summed E-state index contributed by atoms with van der Waals surface area (Å²) in [5.74, 6) is 2.68. The fourth-order valence-corrected chi connectivity index (χ4v) is 5.19. The van der Waals surface area contributed by atoms with Crippen LogP contribution in [0.3, 0.4) is 0 Å². The van der Waals surface area contributed by atoms with Crippen molar-refractivity contribution in [3.8, 4) is 11.5 Å². The third-order valence-electron chi connectivity index (χ3n) is 8.14. The second-order valence-corrected chi connectivity index (χ2v) is 12.1. The van der Waals surface area contributed by atoms with Crippen molar-refractivity contribution in [2.24, 2.45) is 5.92 Å². The number of benzene rings is 1. The Hall–Kier alpha value is -1.18. The third-order valence-corrected chi connectivity index (χ3v) is 8.14. The van der Waals surface area contributed by atoms with Gasteiger partial charge in [-0.2, -0.15) is 0 Å². The Morgan fingerprint density at radius 3 is 2.03 bits per heavy atom. The third kappa shape index (κ3) is 9.12. The second kappa shape index (κ2) is 14.4. The molecule has 1 aromatic rings. The molecular formula is C32H56O2. The first-order valence-electron chi connectivity index (χ1n) is 14.7. The largest absolute Gasteiger partial charge is 0.493 e. The van der Waals surface area contributed by atoms with Gasteiger partial charge in [0.1, 0.15) is 17.1 Å². The summed E-state index contributed by atoms with van der Waals surface area (Å²) in [5.41, 5.74) is 2.63. The summed E-state index contributed by atoms with van der Waals surface area (Å²) in [6.45, 7) is 16.9. The van der Waals surface area contributed by atoms with Crippen LogP contribution in [-0.2, 0) is 11.8 Å². The van der Waals surface area contributed by atoms with Crippen LogP contribution >= 0.6 is 0 Å². The maximum absolute atomic E-state index is 6.50. The highest BCUT2D eigenvalue weighted by Crippen LogP contribution is 2.44. The molecule has 0 N–H and O–H groups in total. The molecule has 0 bridgehead atoms. The molecule has 34 heavy (non-hydrogen) atoms. The average molecular weight is 473 g/mol. The minimum Gasteiger partial charge on any atom is -0.493 e. The molecule has 1 atom stereocenters. The number of unbranched alkanes of at least 4 members (excludes halogenated alkanes) is 11. The molecule has 0 aliphatic carbocycles. The van der Waals surface area contributed by atoms with Crippen LogP contribution in [0, 0.1) is 5.92 Å². The van der Waals surface area contributed by atoms with Gasteiger partial charge in [0.15, 0.2) is 0 Å². The minimum absolute atomic E-state index is 0.0911. The van der Waals surface area contributed by atoms with Crippen LogP contribution in [-0.4, -0.2) is 12.2 Å². The van der Waals surface area contributed by atoms with E-state index in [0.29, 0.717) is 5.92 Å². The Morgan fingerprint density at radius 2 is 1.41 bits per heavy atom. The van der Waals surface area contributed by atoms with Gasteiger partial charge in [-0.05, 0) is 62.1 Å². The highest BCUT2D eigenvalue weighted by molar-refractivity contribution is 5.51. The summed E-state index contributed by atoms with van der Waals surface area (Å²) < 4.78 is 13.0. The van der Waals surface area contributed by atoms with Crippen LogP contribution in [0.5, 0.6) is 11.5 Å². The molecule has 0 amide bonds. The van der Waals surface area contributed by atoms with E-state index in [0.717, 1.165) is 30.9 Å². The minimum atomic E-state index is -0.116. The fraction of sp³-hybridized carbons (Fsp3) is 0.812. The molecule has 2 nitrogen and oxygen atoms in total. The van der Waals surface area contributed by atoms with Gasteiger partial charge in [0.2, 0.25) is 0 Å². The maximum atomic E-state index is 6.50. The van der Waals surface area contributed by atoms with Crippen molar-refractivity contribution in [1.82, 2.24) is 0 Å². The lowest BCUT2D eigenvalue weighted by Gasteiger charge is -2.39. The Kier molecular flexibility index (Phi) is 12.3. The van der Waals surface area contributed by atoms with Crippen molar-refractivity contribution in [3.63, 3.8) is 0 Å². The van der Waals surface area contributed by atoms with E-state index >= 15 is 0 Å². The van der Waals surface area contributed by atoms with Crippen LogP contribution in [0.25, 0.3) is 0 Å². The summed E-state index contributed by atoms with van der Waals surface area (Å²) in [6.07, 6.45) is 19.6. The maximum Gasteiger partial charge on any atom is 0.123 e. The topological polar surface area (TPSA) is 18.5 Å². The zero-order valence-corrected chi connectivity index (χ0v) is 23.9. The van der Waals surface area contributed by atoms with E-state index in [1.807, 2.05) is 0 Å². The van der Waals surface area contributed by atoms with Gasteiger partial charge in [0.05, 0.1) is 6.61 Å². The van der Waals surface area contributed by atoms with Gasteiger partial charge in [-0.3, -0.25) is 0 Å². The summed E-state index contributed by atoms with van der Waals surface area (Å²) >= 11 is 0. The molecule has 2 heteroatoms. The average Bonchev–Trinajstić information content (AvgIpc) is 2.78. The molecule has 0 saturated heterocycles. The Morgan fingerprint density at radius 1 is 0.853 bits per heavy atom. The first kappa shape index (κ1) is 29.1. The molecule has 0 saturated carbocycles. The van der Waals surface area contributed by atoms with Crippen LogP contribution in [0.4, 0.5) is 0 Å². The number of hydrogen-bond acceptors (Lipinski definition) is 2. The Labute approximate surface area is 212 Å². The van der Waals surface area contributed by atoms with Crippen molar-refractivity contribution >= 4 is 0 Å². The number of fused-ring (bicyclic) bond motifs is 1. The molecule has 0 radical (unpaired) electrons. The molecule has 1 aliphatic rings. The van der Waals surface area contributed by atoms with Gasteiger partial charge in [-0.25, -0.2) is 0 Å². The van der Waals surface area contributed by atoms with Crippen LogP contribution < -0.4 is 9.47 Å². The van der Waals surface area contributed by atoms with E-state index in [-0.39, 0.29) is 11.0 Å². The summed E-state index contributed by atoms with van der Waals surface area (Å²) in [6, 6.07) is 4.64. The van der Waals surface area contributed by atoms with E-state index in [1.165, 1.54) is 94.6 Å². The van der Waals surface area contributed by atoms with Crippen molar-refractivity contribution in [2.75, 3.05) is 6.61 Å². The smallest absolute Gasteiger partial charge is 0.123 e. The van der Waals surface area contributed by atoms with Gasteiger partial charge in [-0.1, -0.05) is 112 Å². The summed E-state index contributed by atoms with van der Waals surface area (Å²) in [4.78, 5) is 0. The Bertz CT molecular complexity index is 703. The lowest BCUT2D eigenvalue weighted by atomic mass is 9.77. The molecule has 2 rings (SSSR count). The van der Waals surface area contributed by atoms with Crippen LogP contribution in [0.2, 0.25) is 0 Å². The van der Waals surface area contributed by atoms with E-state index in [1.54, 1.807) is 0 Å². The predicted molar refractivity (Wildman–Crippen MR) is 149 cm³/mol. The molecule has 0 fully saturated rings. The second-order valence-electron chi connectivity index (χ2n) is 12.1. The highest BCUT2D eigenvalue weighted by atomic mass is 16.5. The van der Waals surface area contributed by atoms with Crippen LogP contribution in [0.15, 0.2) is 12.1 Å².